The van der Waals surface area contributed by atoms with Gasteiger partial charge in [0.1, 0.15) is 11.5 Å². The molecule has 98 valence electrons. The van der Waals surface area contributed by atoms with Crippen LogP contribution in [0.25, 0.3) is 0 Å². The lowest BCUT2D eigenvalue weighted by Crippen LogP contribution is -2.30. The molecule has 0 spiro atoms. The molecular formula is C14H19FN2O. The number of Topliss-reactive ketones (excluding diaryl/α,β-unsaturated/α-hetero) is 1. The standard InChI is InChI=1S/C14H19FN2O/c1-10-5-6-17(8-10)9-11(2)14(18)13-4-3-12(15)7-16-13/h3-4,7,10-11H,5-6,8-9H2,1-2H3. The predicted molar refractivity (Wildman–Crippen MR) is 67.9 cm³/mol. The summed E-state index contributed by atoms with van der Waals surface area (Å²) < 4.78 is 12.7. The molecule has 0 aliphatic carbocycles. The second kappa shape index (κ2) is 5.57. The Balaban J connectivity index is 1.94. The van der Waals surface area contributed by atoms with Crippen molar-refractivity contribution >= 4 is 5.78 Å². The van der Waals surface area contributed by atoms with Gasteiger partial charge in [0, 0.05) is 19.0 Å². The Labute approximate surface area is 107 Å². The zero-order valence-electron chi connectivity index (χ0n) is 10.9. The summed E-state index contributed by atoms with van der Waals surface area (Å²) in [5.74, 6) is 0.214. The SMILES string of the molecule is CC1CCN(CC(C)C(=O)c2ccc(F)cn2)C1. The van der Waals surface area contributed by atoms with Crippen molar-refractivity contribution < 1.29 is 9.18 Å². The maximum Gasteiger partial charge on any atom is 0.185 e. The van der Waals surface area contributed by atoms with E-state index in [4.69, 9.17) is 0 Å². The molecule has 1 fully saturated rings. The van der Waals surface area contributed by atoms with Crippen LogP contribution in [0.2, 0.25) is 0 Å². The third kappa shape index (κ3) is 3.13. The number of aromatic nitrogens is 1. The minimum Gasteiger partial charge on any atom is -0.302 e. The lowest BCUT2D eigenvalue weighted by molar-refractivity contribution is 0.0896. The summed E-state index contributed by atoms with van der Waals surface area (Å²) in [5, 5.41) is 0. The largest absolute Gasteiger partial charge is 0.302 e. The van der Waals surface area contributed by atoms with Crippen LogP contribution in [0.1, 0.15) is 30.8 Å². The summed E-state index contributed by atoms with van der Waals surface area (Å²) in [4.78, 5) is 18.3. The van der Waals surface area contributed by atoms with Crippen molar-refractivity contribution in [2.24, 2.45) is 11.8 Å². The highest BCUT2D eigenvalue weighted by Crippen LogP contribution is 2.17. The summed E-state index contributed by atoms with van der Waals surface area (Å²) in [6, 6.07) is 2.74. The first-order chi connectivity index (χ1) is 8.56. The fourth-order valence-electron chi connectivity index (χ4n) is 2.44. The fraction of sp³-hybridized carbons (Fsp3) is 0.571. The molecule has 1 saturated heterocycles. The van der Waals surface area contributed by atoms with Crippen LogP contribution < -0.4 is 0 Å². The van der Waals surface area contributed by atoms with Crippen LogP contribution in [0.4, 0.5) is 4.39 Å². The maximum atomic E-state index is 12.7. The molecule has 2 heterocycles. The van der Waals surface area contributed by atoms with E-state index in [0.717, 1.165) is 31.7 Å². The number of likely N-dealkylation sites (tertiary alicyclic amines) is 1. The van der Waals surface area contributed by atoms with E-state index in [1.807, 2.05) is 6.92 Å². The van der Waals surface area contributed by atoms with Crippen molar-refractivity contribution in [2.75, 3.05) is 19.6 Å². The third-order valence-corrected chi connectivity index (χ3v) is 3.47. The molecule has 0 radical (unpaired) electrons. The summed E-state index contributed by atoms with van der Waals surface area (Å²) in [5.41, 5.74) is 0.358. The zero-order valence-corrected chi connectivity index (χ0v) is 10.9. The summed E-state index contributed by atoms with van der Waals surface area (Å²) >= 11 is 0. The van der Waals surface area contributed by atoms with Gasteiger partial charge in [0.25, 0.3) is 0 Å². The van der Waals surface area contributed by atoms with Crippen molar-refractivity contribution in [2.45, 2.75) is 20.3 Å². The van der Waals surface area contributed by atoms with Crippen LogP contribution in [0.3, 0.4) is 0 Å². The molecule has 18 heavy (non-hydrogen) atoms. The number of hydrogen-bond acceptors (Lipinski definition) is 3. The van der Waals surface area contributed by atoms with Crippen molar-refractivity contribution in [3.63, 3.8) is 0 Å². The van der Waals surface area contributed by atoms with Gasteiger partial charge in [-0.1, -0.05) is 13.8 Å². The van der Waals surface area contributed by atoms with Gasteiger partial charge in [0.2, 0.25) is 0 Å². The van der Waals surface area contributed by atoms with E-state index in [9.17, 15) is 9.18 Å². The second-order valence-electron chi connectivity index (χ2n) is 5.28. The Morgan fingerprint density at radius 2 is 2.39 bits per heavy atom. The number of carbonyl (C=O) groups excluding carboxylic acids is 1. The third-order valence-electron chi connectivity index (χ3n) is 3.47. The van der Waals surface area contributed by atoms with Gasteiger partial charge in [-0.2, -0.15) is 0 Å². The predicted octanol–water partition coefficient (Wildman–Crippen LogP) is 2.38. The van der Waals surface area contributed by atoms with E-state index in [1.165, 1.54) is 18.6 Å². The first-order valence-electron chi connectivity index (χ1n) is 6.44. The zero-order chi connectivity index (χ0) is 13.1. The summed E-state index contributed by atoms with van der Waals surface area (Å²) in [7, 11) is 0. The molecule has 3 nitrogen and oxygen atoms in total. The second-order valence-corrected chi connectivity index (χ2v) is 5.28. The van der Waals surface area contributed by atoms with E-state index in [2.05, 4.69) is 16.8 Å². The van der Waals surface area contributed by atoms with Gasteiger partial charge < -0.3 is 4.90 Å². The highest BCUT2D eigenvalue weighted by Gasteiger charge is 2.24. The van der Waals surface area contributed by atoms with E-state index < -0.39 is 5.82 Å². The molecule has 2 rings (SSSR count). The number of pyridine rings is 1. The van der Waals surface area contributed by atoms with Crippen molar-refractivity contribution in [1.82, 2.24) is 9.88 Å². The van der Waals surface area contributed by atoms with Gasteiger partial charge in [-0.15, -0.1) is 0 Å². The summed E-state index contributed by atoms with van der Waals surface area (Å²) in [6.45, 7) is 7.04. The number of halogens is 1. The smallest absolute Gasteiger partial charge is 0.185 e. The number of rotatable bonds is 4. The lowest BCUT2D eigenvalue weighted by atomic mass is 10.0. The normalized spacial score (nSPS) is 22.1. The Bertz CT molecular complexity index is 418. The molecule has 2 unspecified atom stereocenters. The van der Waals surface area contributed by atoms with E-state index >= 15 is 0 Å². The van der Waals surface area contributed by atoms with Crippen LogP contribution >= 0.6 is 0 Å². The number of nitrogens with zero attached hydrogens (tertiary/aromatic N) is 2. The monoisotopic (exact) mass is 250 g/mol. The lowest BCUT2D eigenvalue weighted by Gasteiger charge is -2.19. The number of carbonyl (C=O) groups is 1. The van der Waals surface area contributed by atoms with Crippen molar-refractivity contribution in [3.05, 3.63) is 29.8 Å². The van der Waals surface area contributed by atoms with Gasteiger partial charge in [-0.3, -0.25) is 9.78 Å². The summed E-state index contributed by atoms with van der Waals surface area (Å²) in [6.07, 6.45) is 2.30. The molecule has 0 amide bonds. The fourth-order valence-corrected chi connectivity index (χ4v) is 2.44. The van der Waals surface area contributed by atoms with E-state index in [-0.39, 0.29) is 11.7 Å². The van der Waals surface area contributed by atoms with Gasteiger partial charge in [0.15, 0.2) is 5.78 Å². The van der Waals surface area contributed by atoms with Crippen molar-refractivity contribution in [3.8, 4) is 0 Å². The van der Waals surface area contributed by atoms with E-state index in [0.29, 0.717) is 5.69 Å². The quantitative estimate of drug-likeness (QED) is 0.769. The minimum atomic E-state index is -0.410. The van der Waals surface area contributed by atoms with Crippen LogP contribution in [-0.2, 0) is 0 Å². The number of ketones is 1. The van der Waals surface area contributed by atoms with Crippen LogP contribution in [0.15, 0.2) is 18.3 Å². The molecule has 2 atom stereocenters. The highest BCUT2D eigenvalue weighted by atomic mass is 19.1. The first kappa shape index (κ1) is 13.1. The van der Waals surface area contributed by atoms with Crippen LogP contribution in [0.5, 0.6) is 0 Å². The van der Waals surface area contributed by atoms with Gasteiger partial charge in [0.05, 0.1) is 6.20 Å². The molecule has 1 aliphatic heterocycles. The Morgan fingerprint density at radius 1 is 1.61 bits per heavy atom. The van der Waals surface area contributed by atoms with Gasteiger partial charge in [-0.05, 0) is 31.0 Å². The molecule has 0 bridgehead atoms. The highest BCUT2D eigenvalue weighted by molar-refractivity contribution is 5.95. The minimum absolute atomic E-state index is 0.00504. The van der Waals surface area contributed by atoms with Crippen LogP contribution in [-0.4, -0.2) is 35.3 Å². The molecule has 4 heteroatoms. The molecular weight excluding hydrogens is 231 g/mol. The number of hydrogen-bond donors (Lipinski definition) is 0. The average Bonchev–Trinajstić information content (AvgIpc) is 2.75. The van der Waals surface area contributed by atoms with Gasteiger partial charge >= 0.3 is 0 Å². The molecule has 1 aromatic rings. The molecule has 1 aromatic heterocycles. The van der Waals surface area contributed by atoms with E-state index in [1.54, 1.807) is 0 Å². The first-order valence-corrected chi connectivity index (χ1v) is 6.44. The average molecular weight is 250 g/mol. The topological polar surface area (TPSA) is 33.2 Å². The van der Waals surface area contributed by atoms with Gasteiger partial charge in [-0.25, -0.2) is 4.39 Å². The maximum absolute atomic E-state index is 12.7. The molecule has 0 N–H and O–H groups in total. The van der Waals surface area contributed by atoms with Crippen molar-refractivity contribution in [1.29, 1.82) is 0 Å². The Kier molecular flexibility index (Phi) is 4.07. The Morgan fingerprint density at radius 3 is 2.94 bits per heavy atom. The molecule has 0 saturated carbocycles. The molecule has 0 aromatic carbocycles. The van der Waals surface area contributed by atoms with Crippen LogP contribution in [0, 0.1) is 17.7 Å². The Hall–Kier alpha value is -1.29. The molecule has 1 aliphatic rings.